The first kappa shape index (κ1) is 19.2. The normalized spacial score (nSPS) is 17.1. The molecule has 3 N–H and O–H groups in total. The van der Waals surface area contributed by atoms with Gasteiger partial charge in [-0.2, -0.15) is 0 Å². The number of rotatable bonds is 4. The van der Waals surface area contributed by atoms with Crippen LogP contribution in [0.15, 0.2) is 24.3 Å². The average molecular weight is 346 g/mol. The SMILES string of the molecule is CC(C)CNC(=O)c1ccc(NC(=O)N2CCCNC(C)(C)C2)cc1. The first-order chi connectivity index (χ1) is 11.8. The zero-order valence-electron chi connectivity index (χ0n) is 15.7. The summed E-state index contributed by atoms with van der Waals surface area (Å²) in [6, 6.07) is 6.90. The van der Waals surface area contributed by atoms with Gasteiger partial charge in [-0.1, -0.05) is 13.8 Å². The molecule has 1 aromatic carbocycles. The zero-order chi connectivity index (χ0) is 18.4. The van der Waals surface area contributed by atoms with Crippen LogP contribution in [0.3, 0.4) is 0 Å². The molecule has 1 fully saturated rings. The highest BCUT2D eigenvalue weighted by Crippen LogP contribution is 2.14. The van der Waals surface area contributed by atoms with E-state index in [0.717, 1.165) is 19.5 Å². The third-order valence-electron chi connectivity index (χ3n) is 4.15. The lowest BCUT2D eigenvalue weighted by Crippen LogP contribution is -2.48. The Kier molecular flexibility index (Phi) is 6.42. The summed E-state index contributed by atoms with van der Waals surface area (Å²) < 4.78 is 0. The average Bonchev–Trinajstić information content (AvgIpc) is 2.74. The van der Waals surface area contributed by atoms with Crippen LogP contribution < -0.4 is 16.0 Å². The van der Waals surface area contributed by atoms with Gasteiger partial charge in [0.2, 0.25) is 0 Å². The molecule has 0 aromatic heterocycles. The van der Waals surface area contributed by atoms with Crippen LogP contribution in [0.25, 0.3) is 0 Å². The molecule has 6 nitrogen and oxygen atoms in total. The number of hydrogen-bond donors (Lipinski definition) is 3. The molecule has 6 heteroatoms. The molecule has 2 rings (SSSR count). The first-order valence-corrected chi connectivity index (χ1v) is 8.96. The smallest absolute Gasteiger partial charge is 0.321 e. The Morgan fingerprint density at radius 3 is 2.56 bits per heavy atom. The van der Waals surface area contributed by atoms with E-state index >= 15 is 0 Å². The van der Waals surface area contributed by atoms with Gasteiger partial charge in [0, 0.05) is 36.4 Å². The van der Waals surface area contributed by atoms with Gasteiger partial charge in [0.15, 0.2) is 0 Å². The highest BCUT2D eigenvalue weighted by Gasteiger charge is 2.26. The molecular formula is C19H30N4O2. The summed E-state index contributed by atoms with van der Waals surface area (Å²) in [5, 5.41) is 9.25. The fourth-order valence-corrected chi connectivity index (χ4v) is 2.79. The third-order valence-corrected chi connectivity index (χ3v) is 4.15. The second kappa shape index (κ2) is 8.34. The lowest BCUT2D eigenvalue weighted by Gasteiger charge is -2.30. The monoisotopic (exact) mass is 346 g/mol. The number of nitrogens with zero attached hydrogens (tertiary/aromatic N) is 1. The van der Waals surface area contributed by atoms with E-state index in [1.54, 1.807) is 24.3 Å². The minimum Gasteiger partial charge on any atom is -0.352 e. The molecule has 0 unspecified atom stereocenters. The van der Waals surface area contributed by atoms with Gasteiger partial charge in [-0.15, -0.1) is 0 Å². The Labute approximate surface area is 150 Å². The van der Waals surface area contributed by atoms with Crippen molar-refractivity contribution in [3.05, 3.63) is 29.8 Å². The highest BCUT2D eigenvalue weighted by atomic mass is 16.2. The molecule has 1 heterocycles. The standard InChI is InChI=1S/C19H30N4O2/c1-14(2)12-20-17(24)15-6-8-16(9-7-15)22-18(25)23-11-5-10-21-19(3,4)13-23/h6-9,14,21H,5,10-13H2,1-4H3,(H,20,24)(H,22,25). The summed E-state index contributed by atoms with van der Waals surface area (Å²) in [6.45, 7) is 11.3. The van der Waals surface area contributed by atoms with Crippen LogP contribution in [0.1, 0.15) is 44.5 Å². The summed E-state index contributed by atoms with van der Waals surface area (Å²) >= 11 is 0. The predicted octanol–water partition coefficient (Wildman–Crippen LogP) is 2.68. The number of urea groups is 1. The van der Waals surface area contributed by atoms with E-state index in [-0.39, 0.29) is 17.5 Å². The Bertz CT molecular complexity index is 596. The van der Waals surface area contributed by atoms with E-state index in [9.17, 15) is 9.59 Å². The minimum absolute atomic E-state index is 0.0908. The van der Waals surface area contributed by atoms with E-state index in [4.69, 9.17) is 0 Å². The fourth-order valence-electron chi connectivity index (χ4n) is 2.79. The summed E-state index contributed by atoms with van der Waals surface area (Å²) in [5.74, 6) is 0.321. The number of nitrogens with one attached hydrogen (secondary N) is 3. The van der Waals surface area contributed by atoms with Gasteiger partial charge in [0.1, 0.15) is 0 Å². The predicted molar refractivity (Wildman–Crippen MR) is 101 cm³/mol. The molecule has 0 saturated carbocycles. The van der Waals surface area contributed by atoms with Gasteiger partial charge in [0.05, 0.1) is 0 Å². The van der Waals surface area contributed by atoms with Crippen molar-refractivity contribution in [3.63, 3.8) is 0 Å². The number of benzene rings is 1. The van der Waals surface area contributed by atoms with E-state index in [0.29, 0.717) is 30.3 Å². The van der Waals surface area contributed by atoms with Crippen molar-refractivity contribution < 1.29 is 9.59 Å². The molecule has 1 aliphatic heterocycles. The van der Waals surface area contributed by atoms with E-state index in [1.165, 1.54) is 0 Å². The van der Waals surface area contributed by atoms with Gasteiger partial charge in [-0.3, -0.25) is 4.79 Å². The topological polar surface area (TPSA) is 73.5 Å². The maximum absolute atomic E-state index is 12.5. The number of anilines is 1. The van der Waals surface area contributed by atoms with Crippen molar-refractivity contribution in [3.8, 4) is 0 Å². The Morgan fingerprint density at radius 2 is 1.92 bits per heavy atom. The molecule has 0 atom stereocenters. The molecule has 3 amide bonds. The van der Waals surface area contributed by atoms with Crippen molar-refractivity contribution in [2.45, 2.75) is 39.7 Å². The van der Waals surface area contributed by atoms with Gasteiger partial charge in [0.25, 0.3) is 5.91 Å². The van der Waals surface area contributed by atoms with Crippen LogP contribution in [-0.4, -0.2) is 48.6 Å². The molecule has 1 aromatic rings. The molecule has 1 saturated heterocycles. The number of carbonyl (C=O) groups is 2. The van der Waals surface area contributed by atoms with Crippen molar-refractivity contribution in [1.29, 1.82) is 0 Å². The van der Waals surface area contributed by atoms with Gasteiger partial charge < -0.3 is 20.9 Å². The number of carbonyl (C=O) groups excluding carboxylic acids is 2. The van der Waals surface area contributed by atoms with Crippen LogP contribution in [0.4, 0.5) is 10.5 Å². The van der Waals surface area contributed by atoms with Crippen LogP contribution in [0.2, 0.25) is 0 Å². The molecular weight excluding hydrogens is 316 g/mol. The first-order valence-electron chi connectivity index (χ1n) is 8.96. The minimum atomic E-state index is -0.103. The number of hydrogen-bond acceptors (Lipinski definition) is 3. The van der Waals surface area contributed by atoms with Gasteiger partial charge >= 0.3 is 6.03 Å². The van der Waals surface area contributed by atoms with E-state index in [2.05, 4.69) is 43.6 Å². The number of amides is 3. The molecule has 0 radical (unpaired) electrons. The summed E-state index contributed by atoms with van der Waals surface area (Å²) in [7, 11) is 0. The largest absolute Gasteiger partial charge is 0.352 e. The molecule has 0 aliphatic carbocycles. The van der Waals surface area contributed by atoms with Crippen molar-refractivity contribution in [2.75, 3.05) is 31.5 Å². The third kappa shape index (κ3) is 6.05. The Balaban J connectivity index is 1.94. The quantitative estimate of drug-likeness (QED) is 0.785. The van der Waals surface area contributed by atoms with Gasteiger partial charge in [-0.05, 0) is 57.0 Å². The van der Waals surface area contributed by atoms with Crippen molar-refractivity contribution >= 4 is 17.6 Å². The summed E-state index contributed by atoms with van der Waals surface area (Å²) in [6.07, 6.45) is 0.936. The zero-order valence-corrected chi connectivity index (χ0v) is 15.7. The Hall–Kier alpha value is -2.08. The second-order valence-electron chi connectivity index (χ2n) is 7.70. The van der Waals surface area contributed by atoms with Crippen molar-refractivity contribution in [2.24, 2.45) is 5.92 Å². The molecule has 1 aliphatic rings. The van der Waals surface area contributed by atoms with E-state index < -0.39 is 0 Å². The lowest BCUT2D eigenvalue weighted by molar-refractivity contribution is 0.0949. The fraction of sp³-hybridized carbons (Fsp3) is 0.579. The van der Waals surface area contributed by atoms with Crippen LogP contribution in [0, 0.1) is 5.92 Å². The molecule has 0 bridgehead atoms. The molecule has 138 valence electrons. The van der Waals surface area contributed by atoms with Crippen LogP contribution in [-0.2, 0) is 0 Å². The van der Waals surface area contributed by atoms with Crippen molar-refractivity contribution in [1.82, 2.24) is 15.5 Å². The second-order valence-corrected chi connectivity index (χ2v) is 7.70. The summed E-state index contributed by atoms with van der Waals surface area (Å²) in [5.41, 5.74) is 1.20. The van der Waals surface area contributed by atoms with Crippen LogP contribution >= 0.6 is 0 Å². The molecule has 25 heavy (non-hydrogen) atoms. The molecule has 0 spiro atoms. The maximum Gasteiger partial charge on any atom is 0.321 e. The highest BCUT2D eigenvalue weighted by molar-refractivity contribution is 5.95. The maximum atomic E-state index is 12.5. The lowest BCUT2D eigenvalue weighted by atomic mass is 10.1. The van der Waals surface area contributed by atoms with E-state index in [1.807, 2.05) is 4.90 Å². The van der Waals surface area contributed by atoms with Crippen LogP contribution in [0.5, 0.6) is 0 Å². The Morgan fingerprint density at radius 1 is 1.24 bits per heavy atom. The summed E-state index contributed by atoms with van der Waals surface area (Å²) in [4.78, 5) is 26.4. The van der Waals surface area contributed by atoms with Gasteiger partial charge in [-0.25, -0.2) is 4.79 Å².